The largest absolute Gasteiger partial charge is 0.490 e. The number of ether oxygens (including phenoxy) is 4. The Bertz CT molecular complexity index is 1350. The quantitative estimate of drug-likeness (QED) is 0.229. The Morgan fingerprint density at radius 2 is 1.09 bits per heavy atom. The topological polar surface area (TPSA) is 71.1 Å². The van der Waals surface area contributed by atoms with Crippen molar-refractivity contribution in [2.45, 2.75) is 12.8 Å². The van der Waals surface area contributed by atoms with Gasteiger partial charge in [-0.25, -0.2) is 0 Å². The van der Waals surface area contributed by atoms with Gasteiger partial charge in [0.25, 0.3) is 0 Å². The number of fused-ring (bicyclic) bond motifs is 1. The first-order valence-corrected chi connectivity index (χ1v) is 11.2. The minimum Gasteiger partial charge on any atom is -0.490 e. The lowest BCUT2D eigenvalue weighted by Crippen LogP contribution is -2.14. The highest BCUT2D eigenvalue weighted by Gasteiger charge is 2.27. The van der Waals surface area contributed by atoms with Crippen LogP contribution in [0.3, 0.4) is 0 Å². The Hall–Kier alpha value is -4.03. The predicted molar refractivity (Wildman–Crippen MR) is 134 cm³/mol. The van der Waals surface area contributed by atoms with Crippen molar-refractivity contribution < 1.29 is 28.5 Å². The molecule has 0 aliphatic carbocycles. The van der Waals surface area contributed by atoms with Crippen molar-refractivity contribution in [1.82, 2.24) is 0 Å². The molecular formula is C28H23ClO6. The molecule has 0 saturated heterocycles. The summed E-state index contributed by atoms with van der Waals surface area (Å²) in [6.45, 7) is 0. The van der Waals surface area contributed by atoms with Crippen molar-refractivity contribution in [2.24, 2.45) is 0 Å². The molecule has 0 aliphatic rings. The Balaban J connectivity index is 1.75. The van der Waals surface area contributed by atoms with E-state index < -0.39 is 11.9 Å². The highest BCUT2D eigenvalue weighted by molar-refractivity contribution is 6.31. The van der Waals surface area contributed by atoms with Crippen molar-refractivity contribution >= 4 is 34.3 Å². The zero-order chi connectivity index (χ0) is 24.8. The molecule has 0 heterocycles. The molecule has 0 radical (unpaired) electrons. The Morgan fingerprint density at radius 1 is 0.629 bits per heavy atom. The zero-order valence-electron chi connectivity index (χ0n) is 19.2. The van der Waals surface area contributed by atoms with E-state index in [-0.39, 0.29) is 35.8 Å². The molecule has 4 aromatic rings. The summed E-state index contributed by atoms with van der Waals surface area (Å²) in [5.41, 5.74) is 1.61. The van der Waals surface area contributed by atoms with Crippen LogP contribution in [0.1, 0.15) is 11.1 Å². The maximum absolute atomic E-state index is 12.8. The molecule has 0 bridgehead atoms. The highest BCUT2D eigenvalue weighted by Crippen LogP contribution is 2.51. The molecule has 0 fully saturated rings. The summed E-state index contributed by atoms with van der Waals surface area (Å²) < 4.78 is 22.7. The molecule has 0 aliphatic heterocycles. The third-order valence-electron chi connectivity index (χ3n) is 5.31. The van der Waals surface area contributed by atoms with Gasteiger partial charge in [0.15, 0.2) is 11.5 Å². The van der Waals surface area contributed by atoms with Gasteiger partial charge < -0.3 is 18.9 Å². The molecule has 0 saturated carbocycles. The lowest BCUT2D eigenvalue weighted by Gasteiger charge is -2.19. The molecule has 0 atom stereocenters. The smallest absolute Gasteiger partial charge is 0.315 e. The summed E-state index contributed by atoms with van der Waals surface area (Å²) in [6.07, 6.45) is 0.122. The number of hydrogen-bond acceptors (Lipinski definition) is 6. The number of esters is 2. The molecule has 0 unspecified atom stereocenters. The van der Waals surface area contributed by atoms with E-state index in [2.05, 4.69) is 0 Å². The van der Waals surface area contributed by atoms with Crippen LogP contribution in [-0.2, 0) is 22.4 Å². The average Bonchev–Trinajstić information content (AvgIpc) is 2.86. The van der Waals surface area contributed by atoms with Gasteiger partial charge in [-0.3, -0.25) is 9.59 Å². The summed E-state index contributed by atoms with van der Waals surface area (Å²) in [5, 5.41) is 1.33. The van der Waals surface area contributed by atoms with E-state index >= 15 is 0 Å². The fourth-order valence-electron chi connectivity index (χ4n) is 3.75. The average molecular weight is 491 g/mol. The summed E-state index contributed by atoms with van der Waals surface area (Å²) in [6, 6.07) is 23.4. The minimum absolute atomic E-state index is 0.0577. The summed E-state index contributed by atoms with van der Waals surface area (Å²) >= 11 is 6.27. The number of halogens is 1. The van der Waals surface area contributed by atoms with Gasteiger partial charge in [-0.1, -0.05) is 72.3 Å². The van der Waals surface area contributed by atoms with E-state index in [1.165, 1.54) is 14.2 Å². The zero-order valence-corrected chi connectivity index (χ0v) is 20.0. The van der Waals surface area contributed by atoms with E-state index in [4.69, 9.17) is 30.5 Å². The standard InChI is InChI=1S/C28H23ClO6/c1-32-27-25(34-23(30)15-18-9-5-3-6-10-18)21-14-13-20(29)17-22(21)26(28(27)33-2)35-24(31)16-19-11-7-4-8-12-19/h3-14,17H,15-16H2,1-2H3. The Kier molecular flexibility index (Phi) is 7.53. The Morgan fingerprint density at radius 3 is 1.54 bits per heavy atom. The minimum atomic E-state index is -0.494. The van der Waals surface area contributed by atoms with Crippen LogP contribution >= 0.6 is 11.6 Å². The number of hydrogen-bond donors (Lipinski definition) is 0. The summed E-state index contributed by atoms with van der Waals surface area (Å²) in [7, 11) is 2.84. The fraction of sp³-hybridized carbons (Fsp3) is 0.143. The van der Waals surface area contributed by atoms with Crippen LogP contribution in [0.5, 0.6) is 23.0 Å². The summed E-state index contributed by atoms with van der Waals surface area (Å²) in [5.74, 6) is -0.448. The molecule has 7 heteroatoms. The first kappa shape index (κ1) is 24.1. The van der Waals surface area contributed by atoms with E-state index in [1.54, 1.807) is 18.2 Å². The lowest BCUT2D eigenvalue weighted by molar-refractivity contribution is -0.134. The first-order valence-electron chi connectivity index (χ1n) is 10.9. The molecule has 0 N–H and O–H groups in total. The van der Waals surface area contributed by atoms with Crippen molar-refractivity contribution in [1.29, 1.82) is 0 Å². The molecule has 6 nitrogen and oxygen atoms in total. The monoisotopic (exact) mass is 490 g/mol. The van der Waals surface area contributed by atoms with Crippen molar-refractivity contribution in [3.8, 4) is 23.0 Å². The van der Waals surface area contributed by atoms with Gasteiger partial charge >= 0.3 is 11.9 Å². The molecule has 4 rings (SSSR count). The molecule has 4 aromatic carbocycles. The lowest BCUT2D eigenvalue weighted by atomic mass is 10.1. The molecular weight excluding hydrogens is 468 g/mol. The van der Waals surface area contributed by atoms with E-state index in [9.17, 15) is 9.59 Å². The normalized spacial score (nSPS) is 10.6. The van der Waals surface area contributed by atoms with E-state index in [0.29, 0.717) is 15.8 Å². The third kappa shape index (κ3) is 5.55. The van der Waals surface area contributed by atoms with Gasteiger partial charge in [0.2, 0.25) is 11.5 Å². The van der Waals surface area contributed by atoms with Crippen molar-refractivity contribution in [3.05, 3.63) is 95.0 Å². The molecule has 178 valence electrons. The second-order valence-corrected chi connectivity index (χ2v) is 8.12. The van der Waals surface area contributed by atoms with Crippen LogP contribution in [0.25, 0.3) is 10.8 Å². The van der Waals surface area contributed by atoms with Gasteiger partial charge in [0, 0.05) is 15.8 Å². The number of methoxy groups -OCH3 is 2. The number of carbonyl (C=O) groups excluding carboxylic acids is 2. The van der Waals surface area contributed by atoms with Gasteiger partial charge in [-0.2, -0.15) is 0 Å². The Labute approximate surface area is 207 Å². The van der Waals surface area contributed by atoms with Crippen LogP contribution in [-0.4, -0.2) is 26.2 Å². The number of benzene rings is 4. The number of carbonyl (C=O) groups is 2. The molecule has 35 heavy (non-hydrogen) atoms. The second-order valence-electron chi connectivity index (χ2n) is 7.69. The van der Waals surface area contributed by atoms with Crippen LogP contribution in [0.4, 0.5) is 0 Å². The third-order valence-corrected chi connectivity index (χ3v) is 5.55. The SMILES string of the molecule is COc1c(OC)c(OC(=O)Cc2ccccc2)c2cc(Cl)ccc2c1OC(=O)Cc1ccccc1. The van der Waals surface area contributed by atoms with Crippen LogP contribution in [0.15, 0.2) is 78.9 Å². The van der Waals surface area contributed by atoms with Crippen LogP contribution in [0.2, 0.25) is 5.02 Å². The van der Waals surface area contributed by atoms with Crippen molar-refractivity contribution in [3.63, 3.8) is 0 Å². The fourth-order valence-corrected chi connectivity index (χ4v) is 3.92. The van der Waals surface area contributed by atoms with Gasteiger partial charge in [-0.05, 0) is 29.3 Å². The molecule has 0 amide bonds. The first-order chi connectivity index (χ1) is 17.0. The van der Waals surface area contributed by atoms with Gasteiger partial charge in [-0.15, -0.1) is 0 Å². The maximum Gasteiger partial charge on any atom is 0.315 e. The van der Waals surface area contributed by atoms with Gasteiger partial charge in [0.1, 0.15) is 0 Å². The maximum atomic E-state index is 12.8. The predicted octanol–water partition coefficient (Wildman–Crippen LogP) is 5.81. The van der Waals surface area contributed by atoms with Crippen molar-refractivity contribution in [2.75, 3.05) is 14.2 Å². The summed E-state index contributed by atoms with van der Waals surface area (Å²) in [4.78, 5) is 25.6. The van der Waals surface area contributed by atoms with Crippen LogP contribution < -0.4 is 18.9 Å². The molecule has 0 spiro atoms. The highest BCUT2D eigenvalue weighted by atomic mass is 35.5. The van der Waals surface area contributed by atoms with E-state index in [1.807, 2.05) is 60.7 Å². The van der Waals surface area contributed by atoms with E-state index in [0.717, 1.165) is 11.1 Å². The second kappa shape index (κ2) is 10.9. The van der Waals surface area contributed by atoms with Gasteiger partial charge in [0.05, 0.1) is 27.1 Å². The molecule has 0 aromatic heterocycles. The number of rotatable bonds is 8. The van der Waals surface area contributed by atoms with Crippen LogP contribution in [0, 0.1) is 0 Å².